The first-order chi connectivity index (χ1) is 10.3. The van der Waals surface area contributed by atoms with E-state index in [1.165, 1.54) is 24.3 Å². The molecule has 0 saturated heterocycles. The molecule has 0 saturated carbocycles. The molecule has 0 radical (unpaired) electrons. The molecule has 116 valence electrons. The van der Waals surface area contributed by atoms with Gasteiger partial charge in [0.05, 0.1) is 6.26 Å². The number of ether oxygens (including phenoxy) is 1. The zero-order chi connectivity index (χ0) is 16.2. The smallest absolute Gasteiger partial charge is 0.355 e. The van der Waals surface area contributed by atoms with Crippen LogP contribution < -0.4 is 4.72 Å². The van der Waals surface area contributed by atoms with Gasteiger partial charge in [0.1, 0.15) is 5.69 Å². The summed E-state index contributed by atoms with van der Waals surface area (Å²) >= 11 is 0. The molecule has 2 rings (SSSR count). The van der Waals surface area contributed by atoms with Gasteiger partial charge in [-0.15, -0.1) is 0 Å². The van der Waals surface area contributed by atoms with E-state index < -0.39 is 22.6 Å². The molecular weight excluding hydrogens is 308 g/mol. The molecule has 2 N–H and O–H groups in total. The van der Waals surface area contributed by atoms with Crippen LogP contribution in [0.5, 0.6) is 0 Å². The first kappa shape index (κ1) is 15.8. The van der Waals surface area contributed by atoms with E-state index in [0.29, 0.717) is 11.3 Å². The maximum Gasteiger partial charge on any atom is 0.355 e. The second-order valence-electron chi connectivity index (χ2n) is 4.53. The number of benzene rings is 1. The number of aromatic nitrogens is 1. The number of hydrogen-bond acceptors (Lipinski definition) is 5. The zero-order valence-corrected chi connectivity index (χ0v) is 12.5. The summed E-state index contributed by atoms with van der Waals surface area (Å²) in [5.74, 6) is -1.00. The lowest BCUT2D eigenvalue weighted by atomic mass is 10.1. The van der Waals surface area contributed by atoms with Crippen LogP contribution >= 0.6 is 0 Å². The molecule has 1 aromatic carbocycles. The van der Waals surface area contributed by atoms with Crippen LogP contribution in [0.25, 0.3) is 0 Å². The number of anilines is 1. The SMILES string of the molecule is CS(=O)(=O)Nc1ccc(C(=O)COC(=O)c2ccc[nH]2)cc1. The first-order valence-corrected chi connectivity index (χ1v) is 8.16. The van der Waals surface area contributed by atoms with E-state index in [0.717, 1.165) is 6.26 Å². The topological polar surface area (TPSA) is 105 Å². The van der Waals surface area contributed by atoms with Gasteiger partial charge in [-0.05, 0) is 36.4 Å². The molecule has 0 spiro atoms. The summed E-state index contributed by atoms with van der Waals surface area (Å²) in [6.45, 7) is -0.392. The Morgan fingerprint density at radius 3 is 2.41 bits per heavy atom. The minimum absolute atomic E-state index is 0.264. The molecule has 2 aromatic rings. The molecule has 0 atom stereocenters. The lowest BCUT2D eigenvalue weighted by Crippen LogP contribution is -2.14. The first-order valence-electron chi connectivity index (χ1n) is 6.27. The van der Waals surface area contributed by atoms with Crippen molar-refractivity contribution in [3.8, 4) is 0 Å². The number of carbonyl (C=O) groups is 2. The second kappa shape index (κ2) is 6.44. The monoisotopic (exact) mass is 322 g/mol. The molecule has 0 aliphatic heterocycles. The van der Waals surface area contributed by atoms with Crippen molar-refractivity contribution in [2.24, 2.45) is 0 Å². The van der Waals surface area contributed by atoms with Crippen LogP contribution in [0.3, 0.4) is 0 Å². The Labute approximate surface area is 127 Å². The third-order valence-electron chi connectivity index (χ3n) is 2.66. The molecule has 0 aliphatic rings. The number of H-pyrrole nitrogens is 1. The molecule has 8 heteroatoms. The van der Waals surface area contributed by atoms with Crippen LogP contribution in [0.15, 0.2) is 42.6 Å². The Balaban J connectivity index is 1.94. The highest BCUT2D eigenvalue weighted by Gasteiger charge is 2.12. The number of Topliss-reactive ketones (excluding diaryl/α,β-unsaturated/α-hetero) is 1. The summed E-state index contributed by atoms with van der Waals surface area (Å²) in [5.41, 5.74) is 0.932. The van der Waals surface area contributed by atoms with Crippen molar-refractivity contribution in [1.82, 2.24) is 4.98 Å². The van der Waals surface area contributed by atoms with Crippen LogP contribution in [0.2, 0.25) is 0 Å². The molecular formula is C14H14N2O5S. The predicted octanol–water partition coefficient (Wildman–Crippen LogP) is 1.43. The fourth-order valence-corrected chi connectivity index (χ4v) is 2.25. The molecule has 0 aliphatic carbocycles. The van der Waals surface area contributed by atoms with Gasteiger partial charge in [-0.1, -0.05) is 0 Å². The van der Waals surface area contributed by atoms with Crippen LogP contribution in [0.4, 0.5) is 5.69 Å². The van der Waals surface area contributed by atoms with Crippen molar-refractivity contribution < 1.29 is 22.7 Å². The van der Waals surface area contributed by atoms with Gasteiger partial charge in [0.15, 0.2) is 12.4 Å². The molecule has 22 heavy (non-hydrogen) atoms. The number of carbonyl (C=O) groups excluding carboxylic acids is 2. The van der Waals surface area contributed by atoms with Crippen molar-refractivity contribution in [1.29, 1.82) is 0 Å². The zero-order valence-electron chi connectivity index (χ0n) is 11.7. The Hall–Kier alpha value is -2.61. The third kappa shape index (κ3) is 4.45. The molecule has 0 unspecified atom stereocenters. The summed E-state index contributed by atoms with van der Waals surface area (Å²) in [6, 6.07) is 9.02. The molecule has 1 aromatic heterocycles. The van der Waals surface area contributed by atoms with Crippen molar-refractivity contribution in [2.75, 3.05) is 17.6 Å². The fraction of sp³-hybridized carbons (Fsp3) is 0.143. The molecule has 0 bridgehead atoms. The van der Waals surface area contributed by atoms with E-state index in [2.05, 4.69) is 9.71 Å². The highest BCUT2D eigenvalue weighted by Crippen LogP contribution is 2.11. The Bertz CT molecular complexity index is 764. The van der Waals surface area contributed by atoms with Crippen molar-refractivity contribution in [2.45, 2.75) is 0 Å². The van der Waals surface area contributed by atoms with Gasteiger partial charge in [-0.25, -0.2) is 13.2 Å². The minimum atomic E-state index is -3.36. The van der Waals surface area contributed by atoms with Gasteiger partial charge in [-0.2, -0.15) is 0 Å². The molecule has 0 amide bonds. The molecule has 0 fully saturated rings. The Morgan fingerprint density at radius 1 is 1.18 bits per heavy atom. The Kier molecular flexibility index (Phi) is 4.62. The van der Waals surface area contributed by atoms with E-state index in [1.807, 2.05) is 0 Å². The van der Waals surface area contributed by atoms with Gasteiger partial charge in [0.25, 0.3) is 0 Å². The van der Waals surface area contributed by atoms with Crippen molar-refractivity contribution in [3.05, 3.63) is 53.9 Å². The van der Waals surface area contributed by atoms with E-state index in [-0.39, 0.29) is 11.5 Å². The van der Waals surface area contributed by atoms with Gasteiger partial charge in [0.2, 0.25) is 10.0 Å². The normalized spacial score (nSPS) is 11.0. The highest BCUT2D eigenvalue weighted by molar-refractivity contribution is 7.92. The summed E-state index contributed by atoms with van der Waals surface area (Å²) < 4.78 is 29.3. The lowest BCUT2D eigenvalue weighted by Gasteiger charge is -2.06. The summed E-state index contributed by atoms with van der Waals surface area (Å²) in [6.07, 6.45) is 2.61. The largest absolute Gasteiger partial charge is 0.453 e. The lowest BCUT2D eigenvalue weighted by molar-refractivity contribution is 0.0469. The van der Waals surface area contributed by atoms with Crippen LogP contribution in [-0.2, 0) is 14.8 Å². The van der Waals surface area contributed by atoms with E-state index in [1.54, 1.807) is 18.3 Å². The minimum Gasteiger partial charge on any atom is -0.453 e. The predicted molar refractivity (Wildman–Crippen MR) is 80.3 cm³/mol. The van der Waals surface area contributed by atoms with Crippen LogP contribution in [0.1, 0.15) is 20.8 Å². The van der Waals surface area contributed by atoms with Crippen molar-refractivity contribution >= 4 is 27.5 Å². The van der Waals surface area contributed by atoms with Gasteiger partial charge in [0, 0.05) is 17.4 Å². The average molecular weight is 322 g/mol. The molecule has 1 heterocycles. The summed E-state index contributed by atoms with van der Waals surface area (Å²) in [7, 11) is -3.36. The number of esters is 1. The maximum atomic E-state index is 11.9. The van der Waals surface area contributed by atoms with Gasteiger partial charge < -0.3 is 9.72 Å². The van der Waals surface area contributed by atoms with Gasteiger partial charge >= 0.3 is 5.97 Å². The number of nitrogens with one attached hydrogen (secondary N) is 2. The van der Waals surface area contributed by atoms with E-state index in [4.69, 9.17) is 4.74 Å². The third-order valence-corrected chi connectivity index (χ3v) is 3.27. The van der Waals surface area contributed by atoms with E-state index in [9.17, 15) is 18.0 Å². The number of rotatable bonds is 6. The average Bonchev–Trinajstić information content (AvgIpc) is 2.97. The maximum absolute atomic E-state index is 11.9. The van der Waals surface area contributed by atoms with Crippen molar-refractivity contribution in [3.63, 3.8) is 0 Å². The quantitative estimate of drug-likeness (QED) is 0.618. The second-order valence-corrected chi connectivity index (χ2v) is 6.28. The summed E-state index contributed by atoms with van der Waals surface area (Å²) in [4.78, 5) is 26.1. The van der Waals surface area contributed by atoms with Gasteiger partial charge in [-0.3, -0.25) is 9.52 Å². The number of ketones is 1. The molecule has 7 nitrogen and oxygen atoms in total. The fourth-order valence-electron chi connectivity index (χ4n) is 1.69. The number of hydrogen-bond donors (Lipinski definition) is 2. The number of aromatic amines is 1. The standard InChI is InChI=1S/C14H14N2O5S/c1-22(19,20)16-11-6-4-10(5-7-11)13(17)9-21-14(18)12-3-2-8-15-12/h2-8,15-16H,9H2,1H3. The van der Waals surface area contributed by atoms with Crippen LogP contribution in [0, 0.1) is 0 Å². The highest BCUT2D eigenvalue weighted by atomic mass is 32.2. The van der Waals surface area contributed by atoms with E-state index >= 15 is 0 Å². The van der Waals surface area contributed by atoms with Crippen LogP contribution in [-0.4, -0.2) is 38.0 Å². The number of sulfonamides is 1. The summed E-state index contributed by atoms with van der Waals surface area (Å²) in [5, 5.41) is 0. The Morgan fingerprint density at radius 2 is 1.86 bits per heavy atom.